The Labute approximate surface area is 414 Å². The number of hydrogen-bond acceptors (Lipinski definition) is 6. The van der Waals surface area contributed by atoms with E-state index in [1.165, 1.54) is 11.1 Å². The van der Waals surface area contributed by atoms with E-state index in [1.807, 2.05) is 91.1 Å². The number of anilines is 4. The van der Waals surface area contributed by atoms with E-state index in [1.54, 1.807) is 6.20 Å². The molecule has 0 aliphatic heterocycles. The van der Waals surface area contributed by atoms with Gasteiger partial charge in [-0.1, -0.05) is 214 Å². The van der Waals surface area contributed by atoms with Crippen molar-refractivity contribution >= 4 is 72.5 Å². The van der Waals surface area contributed by atoms with Crippen LogP contribution in [0.1, 0.15) is 67.5 Å². The fourth-order valence-corrected chi connectivity index (χ4v) is 8.57. The first-order chi connectivity index (χ1) is 31.8. The van der Waals surface area contributed by atoms with Crippen LogP contribution in [0.25, 0.3) is 67.1 Å². The maximum atomic E-state index is 6.56. The largest absolute Gasteiger partial charge is 0.437 e. The summed E-state index contributed by atoms with van der Waals surface area (Å²) in [6, 6.07) is 58.1. The summed E-state index contributed by atoms with van der Waals surface area (Å²) in [4.78, 5) is 9.22. The summed E-state index contributed by atoms with van der Waals surface area (Å²) in [5, 5.41) is 9.79. The Kier molecular flexibility index (Phi) is 14.8. The van der Waals surface area contributed by atoms with Crippen molar-refractivity contribution in [3.05, 3.63) is 203 Å². The highest BCUT2D eigenvalue weighted by Gasteiger charge is 2.25. The molecule has 0 atom stereocenters. The maximum Gasteiger partial charge on any atom is 0.229 e. The molecule has 344 valence electrons. The minimum atomic E-state index is 0. The van der Waals surface area contributed by atoms with Crippen molar-refractivity contribution in [2.24, 2.45) is 0 Å². The molecule has 6 aromatic carbocycles. The third kappa shape index (κ3) is 10.3. The molecule has 0 aliphatic rings. The van der Waals surface area contributed by atoms with Gasteiger partial charge in [-0.3, -0.25) is 0 Å². The second kappa shape index (κ2) is 20.5. The second-order valence-corrected chi connectivity index (χ2v) is 19.5. The molecule has 0 fully saturated rings. The van der Waals surface area contributed by atoms with Gasteiger partial charge >= 0.3 is 0 Å². The first kappa shape index (κ1) is 49.0. The molecule has 4 heterocycles. The topological polar surface area (TPSA) is 76.1 Å². The van der Waals surface area contributed by atoms with Crippen LogP contribution < -0.4 is 10.6 Å². The van der Waals surface area contributed by atoms with Crippen molar-refractivity contribution in [3.8, 4) is 44.9 Å². The zero-order valence-corrected chi connectivity index (χ0v) is 40.1. The Morgan fingerprint density at radius 1 is 0.456 bits per heavy atom. The lowest BCUT2D eigenvalue weighted by Gasteiger charge is -2.21. The molecule has 0 amide bonds. The number of rotatable bonds is 8. The fraction of sp³-hybridized carbons (Fsp3) is 0.167. The minimum Gasteiger partial charge on any atom is -0.437 e. The van der Waals surface area contributed by atoms with Crippen molar-refractivity contribution in [2.75, 3.05) is 10.6 Å². The van der Waals surface area contributed by atoms with Crippen molar-refractivity contribution in [3.63, 3.8) is 0 Å². The normalized spacial score (nSPS) is 11.3. The zero-order chi connectivity index (χ0) is 46.0. The molecule has 8 heteroatoms. The van der Waals surface area contributed by atoms with E-state index in [0.29, 0.717) is 16.4 Å². The molecule has 68 heavy (non-hydrogen) atoms. The molecular formula is C60H58BrClN4O2. The van der Waals surface area contributed by atoms with Crippen LogP contribution in [0.5, 0.6) is 0 Å². The quantitative estimate of drug-likeness (QED) is 0.158. The predicted octanol–water partition coefficient (Wildman–Crippen LogP) is 19.1. The highest BCUT2D eigenvalue weighted by atomic mass is 79.9. The van der Waals surface area contributed by atoms with Crippen LogP contribution in [0.15, 0.2) is 196 Å². The van der Waals surface area contributed by atoms with Gasteiger partial charge in [0.2, 0.25) is 11.4 Å². The lowest BCUT2D eigenvalue weighted by molar-refractivity contribution is 0.590. The third-order valence-electron chi connectivity index (χ3n) is 11.6. The molecule has 0 bridgehead atoms. The first-order valence-corrected chi connectivity index (χ1v) is 23.2. The summed E-state index contributed by atoms with van der Waals surface area (Å²) in [6.45, 7) is 13.4. The Morgan fingerprint density at radius 2 is 0.824 bits per heavy atom. The standard InChI is InChI=1S/C39H39N3O.C19H11BrClNO.2CH4/c1-38(2,3)28-17-21-30(22-18-28)41-32-25-40-37-34(35(32)42-31-23-19-29(20-24-31)39(4,5)6)33(26-13-9-7-10-14-26)36(43-37)27-15-11-8-12-16-27;20-14-11-22-19-16(17(14)21)15(12-7-3-1-4-8-12)18(23-19)13-9-5-2-6-10-13;;/h7-25,41H,1-6H3,(H,40,42);1-11H;2*1H4. The number of pyridine rings is 2. The van der Waals surface area contributed by atoms with Gasteiger partial charge in [0.25, 0.3) is 0 Å². The number of furan rings is 2. The van der Waals surface area contributed by atoms with E-state index in [-0.39, 0.29) is 25.7 Å². The number of fused-ring (bicyclic) bond motifs is 2. The van der Waals surface area contributed by atoms with Gasteiger partial charge in [-0.05, 0) is 73.3 Å². The molecule has 10 aromatic rings. The lowest BCUT2D eigenvalue weighted by Crippen LogP contribution is -2.11. The van der Waals surface area contributed by atoms with E-state index in [9.17, 15) is 0 Å². The third-order valence-corrected chi connectivity index (χ3v) is 12.8. The summed E-state index contributed by atoms with van der Waals surface area (Å²) in [5.41, 5.74) is 13.7. The van der Waals surface area contributed by atoms with Gasteiger partial charge in [0, 0.05) is 39.8 Å². The second-order valence-electron chi connectivity index (χ2n) is 18.3. The molecule has 6 nitrogen and oxygen atoms in total. The molecule has 0 spiro atoms. The fourth-order valence-electron chi connectivity index (χ4n) is 8.05. The van der Waals surface area contributed by atoms with Crippen LogP contribution in [0, 0.1) is 0 Å². The van der Waals surface area contributed by atoms with E-state index < -0.39 is 0 Å². The van der Waals surface area contributed by atoms with Gasteiger partial charge in [0.15, 0.2) is 0 Å². The van der Waals surface area contributed by atoms with Crippen LogP contribution in [0.3, 0.4) is 0 Å². The Balaban J connectivity index is 0.000000231. The molecule has 0 radical (unpaired) electrons. The number of nitrogens with zero attached hydrogens (tertiary/aromatic N) is 2. The summed E-state index contributed by atoms with van der Waals surface area (Å²) < 4.78 is 13.4. The first-order valence-electron chi connectivity index (χ1n) is 22.0. The van der Waals surface area contributed by atoms with Gasteiger partial charge in [-0.15, -0.1) is 0 Å². The monoisotopic (exact) mass is 980 g/mol. The Bertz CT molecular complexity index is 3250. The van der Waals surface area contributed by atoms with Crippen molar-refractivity contribution < 1.29 is 8.83 Å². The van der Waals surface area contributed by atoms with Crippen LogP contribution >= 0.6 is 27.5 Å². The van der Waals surface area contributed by atoms with E-state index in [2.05, 4.69) is 158 Å². The predicted molar refractivity (Wildman–Crippen MR) is 293 cm³/mol. The Morgan fingerprint density at radius 3 is 1.25 bits per heavy atom. The molecule has 0 aliphatic carbocycles. The van der Waals surface area contributed by atoms with Crippen molar-refractivity contribution in [2.45, 2.75) is 67.2 Å². The van der Waals surface area contributed by atoms with Crippen molar-refractivity contribution in [1.29, 1.82) is 0 Å². The van der Waals surface area contributed by atoms with Gasteiger partial charge < -0.3 is 19.5 Å². The average Bonchev–Trinajstić information content (AvgIpc) is 3.93. The number of aromatic nitrogens is 2. The average molecular weight is 983 g/mol. The van der Waals surface area contributed by atoms with Crippen LogP contribution in [0.4, 0.5) is 22.7 Å². The summed E-state index contributed by atoms with van der Waals surface area (Å²) in [7, 11) is 0. The SMILES string of the molecule is C.C.CC(C)(C)c1ccc(Nc2cnc3oc(-c4ccccc4)c(-c4ccccc4)c3c2Nc2ccc(C(C)(C)C)cc2)cc1.Clc1c(Br)cnc2oc(-c3ccccc3)c(-c3ccccc3)c12. The summed E-state index contributed by atoms with van der Waals surface area (Å²) in [6.07, 6.45) is 3.52. The molecule has 0 saturated heterocycles. The smallest absolute Gasteiger partial charge is 0.229 e. The number of nitrogens with one attached hydrogen (secondary N) is 2. The minimum absolute atomic E-state index is 0. The summed E-state index contributed by atoms with van der Waals surface area (Å²) in [5.74, 6) is 1.58. The van der Waals surface area contributed by atoms with Gasteiger partial charge in [0.05, 0.1) is 37.8 Å². The highest BCUT2D eigenvalue weighted by Crippen LogP contribution is 2.48. The number of benzene rings is 6. The van der Waals surface area contributed by atoms with Crippen molar-refractivity contribution in [1.82, 2.24) is 9.97 Å². The lowest BCUT2D eigenvalue weighted by atomic mass is 9.87. The molecule has 2 N–H and O–H groups in total. The molecule has 4 aromatic heterocycles. The summed E-state index contributed by atoms with van der Waals surface area (Å²) >= 11 is 9.99. The van der Waals surface area contributed by atoms with Crippen LogP contribution in [0.2, 0.25) is 5.02 Å². The maximum absolute atomic E-state index is 6.56. The molecule has 0 unspecified atom stereocenters. The van der Waals surface area contributed by atoms with E-state index >= 15 is 0 Å². The highest BCUT2D eigenvalue weighted by molar-refractivity contribution is 9.10. The molecular weight excluding hydrogens is 924 g/mol. The van der Waals surface area contributed by atoms with Gasteiger partial charge in [0.1, 0.15) is 11.5 Å². The zero-order valence-electron chi connectivity index (χ0n) is 37.8. The Hall–Kier alpha value is -6.93. The number of hydrogen-bond donors (Lipinski definition) is 2. The van der Waals surface area contributed by atoms with E-state index in [4.69, 9.17) is 25.4 Å². The van der Waals surface area contributed by atoms with Gasteiger partial charge in [-0.2, -0.15) is 0 Å². The van der Waals surface area contributed by atoms with E-state index in [0.717, 1.165) is 82.9 Å². The molecule has 0 saturated carbocycles. The van der Waals surface area contributed by atoms with Crippen LogP contribution in [-0.4, -0.2) is 9.97 Å². The van der Waals surface area contributed by atoms with Crippen LogP contribution in [-0.2, 0) is 10.8 Å². The molecule has 10 rings (SSSR count). The van der Waals surface area contributed by atoms with Gasteiger partial charge in [-0.25, -0.2) is 9.97 Å². The number of halogens is 2.